The van der Waals surface area contributed by atoms with E-state index in [0.717, 1.165) is 19.3 Å². The SMILES string of the molecule is CN(CCc1ccccc1F)CC1(C(=O)O)CCC1. The van der Waals surface area contributed by atoms with E-state index >= 15 is 0 Å². The molecule has 0 saturated heterocycles. The number of nitrogens with zero attached hydrogens (tertiary/aromatic N) is 1. The Morgan fingerprint density at radius 3 is 2.63 bits per heavy atom. The molecular weight excluding hydrogens is 245 g/mol. The van der Waals surface area contributed by atoms with Gasteiger partial charge in [0.05, 0.1) is 5.41 Å². The first-order valence-corrected chi connectivity index (χ1v) is 6.69. The molecule has 0 aromatic heterocycles. The average Bonchev–Trinajstić information content (AvgIpc) is 2.32. The molecule has 0 atom stereocenters. The van der Waals surface area contributed by atoms with Crippen LogP contribution in [0, 0.1) is 11.2 Å². The summed E-state index contributed by atoms with van der Waals surface area (Å²) in [7, 11) is 1.91. The smallest absolute Gasteiger partial charge is 0.310 e. The van der Waals surface area contributed by atoms with E-state index in [0.29, 0.717) is 25.1 Å². The zero-order chi connectivity index (χ0) is 13.9. The Morgan fingerprint density at radius 2 is 2.11 bits per heavy atom. The van der Waals surface area contributed by atoms with Crippen LogP contribution in [0.2, 0.25) is 0 Å². The summed E-state index contributed by atoms with van der Waals surface area (Å²) in [4.78, 5) is 13.3. The quantitative estimate of drug-likeness (QED) is 0.859. The third-order valence-corrected chi connectivity index (χ3v) is 4.06. The van der Waals surface area contributed by atoms with Crippen molar-refractivity contribution in [3.63, 3.8) is 0 Å². The van der Waals surface area contributed by atoms with Crippen LogP contribution in [0.1, 0.15) is 24.8 Å². The number of benzene rings is 1. The number of aliphatic carboxylic acids is 1. The molecule has 1 aromatic carbocycles. The second-order valence-electron chi connectivity index (χ2n) is 5.52. The lowest BCUT2D eigenvalue weighted by Crippen LogP contribution is -2.47. The minimum Gasteiger partial charge on any atom is -0.481 e. The Balaban J connectivity index is 1.87. The third-order valence-electron chi connectivity index (χ3n) is 4.06. The standard InChI is InChI=1S/C15H20FNO2/c1-17(11-15(14(18)19)8-4-9-15)10-7-12-5-2-3-6-13(12)16/h2-3,5-6H,4,7-11H2,1H3,(H,18,19). The molecule has 1 aromatic rings. The highest BCUT2D eigenvalue weighted by molar-refractivity contribution is 5.76. The van der Waals surface area contributed by atoms with Crippen LogP contribution >= 0.6 is 0 Å². The first-order valence-electron chi connectivity index (χ1n) is 6.69. The summed E-state index contributed by atoms with van der Waals surface area (Å²) in [5.74, 6) is -0.885. The van der Waals surface area contributed by atoms with Crippen LogP contribution in [0.3, 0.4) is 0 Å². The zero-order valence-corrected chi connectivity index (χ0v) is 11.2. The second kappa shape index (κ2) is 5.70. The lowest BCUT2D eigenvalue weighted by Gasteiger charge is -2.40. The molecule has 2 rings (SSSR count). The monoisotopic (exact) mass is 265 g/mol. The van der Waals surface area contributed by atoms with E-state index in [1.165, 1.54) is 6.07 Å². The van der Waals surface area contributed by atoms with Gasteiger partial charge in [0, 0.05) is 13.1 Å². The Hall–Kier alpha value is -1.42. The molecule has 0 radical (unpaired) electrons. The number of likely N-dealkylation sites (N-methyl/N-ethyl adjacent to an activating group) is 1. The molecule has 0 bridgehead atoms. The van der Waals surface area contributed by atoms with Gasteiger partial charge in [0.15, 0.2) is 0 Å². The van der Waals surface area contributed by atoms with Crippen molar-refractivity contribution in [1.29, 1.82) is 0 Å². The Bertz CT molecular complexity index is 457. The summed E-state index contributed by atoms with van der Waals surface area (Å²) in [5, 5.41) is 9.28. The maximum absolute atomic E-state index is 13.5. The molecule has 1 aliphatic carbocycles. The number of carboxylic acid groups (broad SMARTS) is 1. The number of halogens is 1. The Kier molecular flexibility index (Phi) is 4.20. The minimum absolute atomic E-state index is 0.188. The van der Waals surface area contributed by atoms with Crippen LogP contribution in [0.5, 0.6) is 0 Å². The first kappa shape index (κ1) is 14.0. The van der Waals surface area contributed by atoms with Crippen molar-refractivity contribution in [2.24, 2.45) is 5.41 Å². The van der Waals surface area contributed by atoms with Gasteiger partial charge in [-0.15, -0.1) is 0 Å². The highest BCUT2D eigenvalue weighted by Gasteiger charge is 2.44. The molecule has 1 aliphatic rings. The molecule has 104 valence electrons. The normalized spacial score (nSPS) is 17.2. The van der Waals surface area contributed by atoms with Gasteiger partial charge in [-0.05, 0) is 37.9 Å². The van der Waals surface area contributed by atoms with Crippen molar-refractivity contribution < 1.29 is 14.3 Å². The van der Waals surface area contributed by atoms with Crippen LogP contribution in [0.15, 0.2) is 24.3 Å². The average molecular weight is 265 g/mol. The largest absolute Gasteiger partial charge is 0.481 e. The molecule has 0 heterocycles. The lowest BCUT2D eigenvalue weighted by atomic mass is 9.68. The van der Waals surface area contributed by atoms with Crippen LogP contribution in [0.4, 0.5) is 4.39 Å². The fourth-order valence-corrected chi connectivity index (χ4v) is 2.65. The van der Waals surface area contributed by atoms with Gasteiger partial charge < -0.3 is 10.0 Å². The minimum atomic E-state index is -0.698. The van der Waals surface area contributed by atoms with Crippen LogP contribution in [0.25, 0.3) is 0 Å². The molecule has 0 amide bonds. The molecule has 4 heteroatoms. The Labute approximate surface area is 113 Å². The van der Waals surface area contributed by atoms with E-state index < -0.39 is 11.4 Å². The highest BCUT2D eigenvalue weighted by atomic mass is 19.1. The van der Waals surface area contributed by atoms with Gasteiger partial charge >= 0.3 is 5.97 Å². The van der Waals surface area contributed by atoms with Gasteiger partial charge in [0.2, 0.25) is 0 Å². The number of hydrogen-bond donors (Lipinski definition) is 1. The molecule has 1 fully saturated rings. The molecule has 0 spiro atoms. The van der Waals surface area contributed by atoms with Crippen molar-refractivity contribution in [3.05, 3.63) is 35.6 Å². The summed E-state index contributed by atoms with van der Waals surface area (Å²) >= 11 is 0. The topological polar surface area (TPSA) is 40.5 Å². The van der Waals surface area contributed by atoms with Crippen molar-refractivity contribution in [3.8, 4) is 0 Å². The van der Waals surface area contributed by atoms with Gasteiger partial charge in [0.1, 0.15) is 5.82 Å². The Morgan fingerprint density at radius 1 is 1.42 bits per heavy atom. The molecule has 0 aliphatic heterocycles. The maximum atomic E-state index is 13.5. The second-order valence-corrected chi connectivity index (χ2v) is 5.52. The van der Waals surface area contributed by atoms with Gasteiger partial charge in [0.25, 0.3) is 0 Å². The van der Waals surface area contributed by atoms with E-state index in [1.54, 1.807) is 12.1 Å². The van der Waals surface area contributed by atoms with E-state index in [-0.39, 0.29) is 5.82 Å². The third kappa shape index (κ3) is 3.13. The number of rotatable bonds is 6. The fourth-order valence-electron chi connectivity index (χ4n) is 2.65. The summed E-state index contributed by atoms with van der Waals surface area (Å²) in [6.45, 7) is 1.23. The van der Waals surface area contributed by atoms with Crippen molar-refractivity contribution in [2.45, 2.75) is 25.7 Å². The molecule has 19 heavy (non-hydrogen) atoms. The number of hydrogen-bond acceptors (Lipinski definition) is 2. The number of carboxylic acids is 1. The molecule has 1 N–H and O–H groups in total. The van der Waals surface area contributed by atoms with Gasteiger partial charge in [-0.2, -0.15) is 0 Å². The predicted molar refractivity (Wildman–Crippen MR) is 71.5 cm³/mol. The van der Waals surface area contributed by atoms with E-state index in [1.807, 2.05) is 18.0 Å². The number of carbonyl (C=O) groups is 1. The first-order chi connectivity index (χ1) is 9.03. The zero-order valence-electron chi connectivity index (χ0n) is 11.2. The lowest BCUT2D eigenvalue weighted by molar-refractivity contribution is -0.156. The van der Waals surface area contributed by atoms with Gasteiger partial charge in [-0.25, -0.2) is 4.39 Å². The van der Waals surface area contributed by atoms with E-state index in [9.17, 15) is 14.3 Å². The molecule has 1 saturated carbocycles. The molecule has 0 unspecified atom stereocenters. The summed E-state index contributed by atoms with van der Waals surface area (Å²) < 4.78 is 13.5. The van der Waals surface area contributed by atoms with E-state index in [2.05, 4.69) is 0 Å². The van der Waals surface area contributed by atoms with Crippen LogP contribution in [-0.2, 0) is 11.2 Å². The van der Waals surface area contributed by atoms with Crippen molar-refractivity contribution in [2.75, 3.05) is 20.1 Å². The maximum Gasteiger partial charge on any atom is 0.310 e. The predicted octanol–water partition coefficient (Wildman–Crippen LogP) is 2.55. The fraction of sp³-hybridized carbons (Fsp3) is 0.533. The summed E-state index contributed by atoms with van der Waals surface area (Å²) in [5.41, 5.74) is 0.122. The van der Waals surface area contributed by atoms with Gasteiger partial charge in [-0.3, -0.25) is 4.79 Å². The van der Waals surface area contributed by atoms with Crippen LogP contribution in [-0.4, -0.2) is 36.1 Å². The summed E-state index contributed by atoms with van der Waals surface area (Å²) in [6.07, 6.45) is 3.12. The van der Waals surface area contributed by atoms with Crippen molar-refractivity contribution in [1.82, 2.24) is 4.90 Å². The molecule has 3 nitrogen and oxygen atoms in total. The highest BCUT2D eigenvalue weighted by Crippen LogP contribution is 2.41. The van der Waals surface area contributed by atoms with Crippen LogP contribution < -0.4 is 0 Å². The summed E-state index contributed by atoms with van der Waals surface area (Å²) in [6, 6.07) is 6.74. The van der Waals surface area contributed by atoms with Crippen molar-refractivity contribution >= 4 is 5.97 Å². The van der Waals surface area contributed by atoms with E-state index in [4.69, 9.17) is 0 Å². The van der Waals surface area contributed by atoms with Gasteiger partial charge in [-0.1, -0.05) is 24.6 Å². The molecular formula is C15H20FNO2.